The Morgan fingerprint density at radius 1 is 1.04 bits per heavy atom. The van der Waals surface area contributed by atoms with E-state index in [1.165, 1.54) is 6.42 Å². The Bertz CT molecular complexity index is 556. The summed E-state index contributed by atoms with van der Waals surface area (Å²) in [5, 5.41) is 1.02. The molecule has 1 fully saturated rings. The van der Waals surface area contributed by atoms with Crippen molar-refractivity contribution >= 4 is 59.9 Å². The van der Waals surface area contributed by atoms with Crippen LogP contribution in [-0.4, -0.2) is 29.9 Å². The third-order valence-electron chi connectivity index (χ3n) is 3.32. The second-order valence-corrected chi connectivity index (χ2v) is 5.75. The molecule has 0 unspecified atom stereocenters. The van der Waals surface area contributed by atoms with E-state index in [1.807, 2.05) is 11.0 Å². The van der Waals surface area contributed by atoms with Gasteiger partial charge in [0.05, 0.1) is 16.6 Å². The Balaban J connectivity index is 0.00000242. The number of benzene rings is 1. The standard InChI is InChI=1S/C14H19Cl2N5.2ClH/c15-11-5-4-10(8-12(11)16)9-19-13(17)20-14(18)21-6-2-1-3-7-21;;/h4-5,8H,1-3,6-7,9H2,(H4,17,18,19,20);2*1H. The zero-order valence-corrected chi connectivity index (χ0v) is 15.7. The van der Waals surface area contributed by atoms with E-state index in [0.29, 0.717) is 22.5 Å². The van der Waals surface area contributed by atoms with Crippen molar-refractivity contribution in [1.82, 2.24) is 4.90 Å². The average molecular weight is 401 g/mol. The lowest BCUT2D eigenvalue weighted by Gasteiger charge is -2.27. The maximum absolute atomic E-state index is 5.95. The Hall–Kier alpha value is -0.880. The topological polar surface area (TPSA) is 80.0 Å². The SMILES string of the molecule is Cl.Cl.NC(=NCc1ccc(Cl)c(Cl)c1)/N=C(/N)N1CCCCC1. The Kier molecular flexibility index (Phi) is 10.4. The Labute approximate surface area is 158 Å². The largest absolute Gasteiger partial charge is 0.369 e. The van der Waals surface area contributed by atoms with Gasteiger partial charge in [-0.1, -0.05) is 29.3 Å². The molecule has 2 rings (SSSR count). The van der Waals surface area contributed by atoms with Crippen LogP contribution in [-0.2, 0) is 6.54 Å². The number of halogens is 4. The molecule has 4 N–H and O–H groups in total. The highest BCUT2D eigenvalue weighted by Gasteiger charge is 2.12. The molecular weight excluding hydrogens is 380 g/mol. The summed E-state index contributed by atoms with van der Waals surface area (Å²) in [6, 6.07) is 5.34. The first-order valence-corrected chi connectivity index (χ1v) is 7.65. The summed E-state index contributed by atoms with van der Waals surface area (Å²) in [5.74, 6) is 0.606. The van der Waals surface area contributed by atoms with Crippen LogP contribution in [0.5, 0.6) is 0 Å². The number of piperidine rings is 1. The third-order valence-corrected chi connectivity index (χ3v) is 4.06. The van der Waals surface area contributed by atoms with Crippen molar-refractivity contribution in [1.29, 1.82) is 0 Å². The van der Waals surface area contributed by atoms with E-state index >= 15 is 0 Å². The van der Waals surface area contributed by atoms with Crippen LogP contribution in [0.15, 0.2) is 28.2 Å². The summed E-state index contributed by atoms with van der Waals surface area (Å²) in [5.41, 5.74) is 12.6. The summed E-state index contributed by atoms with van der Waals surface area (Å²) in [7, 11) is 0. The average Bonchev–Trinajstić information content (AvgIpc) is 2.49. The number of hydrogen-bond acceptors (Lipinski definition) is 1. The maximum Gasteiger partial charge on any atom is 0.218 e. The first-order chi connectivity index (χ1) is 10.1. The molecule has 1 aliphatic heterocycles. The molecule has 130 valence electrons. The minimum atomic E-state index is 0. The molecule has 1 aliphatic rings. The van der Waals surface area contributed by atoms with Crippen molar-refractivity contribution in [3.8, 4) is 0 Å². The second-order valence-electron chi connectivity index (χ2n) is 4.94. The lowest BCUT2D eigenvalue weighted by atomic mass is 10.1. The van der Waals surface area contributed by atoms with Gasteiger partial charge in [-0.15, -0.1) is 24.8 Å². The van der Waals surface area contributed by atoms with Crippen molar-refractivity contribution in [2.45, 2.75) is 25.8 Å². The predicted molar refractivity (Wildman–Crippen MR) is 103 cm³/mol. The minimum absolute atomic E-state index is 0. The molecule has 23 heavy (non-hydrogen) atoms. The first kappa shape index (κ1) is 22.1. The van der Waals surface area contributed by atoms with Gasteiger partial charge in [0, 0.05) is 13.1 Å². The van der Waals surface area contributed by atoms with Crippen LogP contribution in [0.3, 0.4) is 0 Å². The van der Waals surface area contributed by atoms with Gasteiger partial charge < -0.3 is 16.4 Å². The number of likely N-dealkylation sites (tertiary alicyclic amines) is 1. The van der Waals surface area contributed by atoms with Crippen LogP contribution in [0, 0.1) is 0 Å². The van der Waals surface area contributed by atoms with E-state index in [9.17, 15) is 0 Å². The molecule has 0 saturated carbocycles. The van der Waals surface area contributed by atoms with Crippen molar-refractivity contribution in [2.24, 2.45) is 21.5 Å². The van der Waals surface area contributed by atoms with Crippen LogP contribution in [0.1, 0.15) is 24.8 Å². The molecule has 0 aliphatic carbocycles. The number of nitrogens with zero attached hydrogens (tertiary/aromatic N) is 3. The van der Waals surface area contributed by atoms with E-state index in [1.54, 1.807) is 12.1 Å². The fourth-order valence-corrected chi connectivity index (χ4v) is 2.48. The normalized spacial score (nSPS) is 15.7. The fourth-order valence-electron chi connectivity index (χ4n) is 2.16. The van der Waals surface area contributed by atoms with E-state index in [4.69, 9.17) is 34.7 Å². The minimum Gasteiger partial charge on any atom is -0.369 e. The molecule has 0 radical (unpaired) electrons. The second kappa shape index (κ2) is 10.8. The molecule has 5 nitrogen and oxygen atoms in total. The number of nitrogens with two attached hydrogens (primary N) is 2. The summed E-state index contributed by atoms with van der Waals surface area (Å²) >= 11 is 11.8. The third kappa shape index (κ3) is 7.04. The molecule has 9 heteroatoms. The molecule has 1 saturated heterocycles. The number of hydrogen-bond donors (Lipinski definition) is 2. The summed E-state index contributed by atoms with van der Waals surface area (Å²) in [6.07, 6.45) is 3.51. The molecule has 0 amide bonds. The van der Waals surface area contributed by atoms with Crippen molar-refractivity contribution in [2.75, 3.05) is 13.1 Å². The van der Waals surface area contributed by atoms with Crippen LogP contribution in [0.2, 0.25) is 10.0 Å². The summed E-state index contributed by atoms with van der Waals surface area (Å²) in [6.45, 7) is 2.24. The smallest absolute Gasteiger partial charge is 0.218 e. The lowest BCUT2D eigenvalue weighted by Crippen LogP contribution is -2.41. The van der Waals surface area contributed by atoms with Gasteiger partial charge in [-0.2, -0.15) is 4.99 Å². The highest BCUT2D eigenvalue weighted by atomic mass is 35.5. The molecular formula is C14H21Cl4N5. The van der Waals surface area contributed by atoms with Gasteiger partial charge in [0.2, 0.25) is 5.96 Å². The number of rotatable bonds is 2. The van der Waals surface area contributed by atoms with Gasteiger partial charge in [0.1, 0.15) is 0 Å². The highest BCUT2D eigenvalue weighted by Crippen LogP contribution is 2.22. The van der Waals surface area contributed by atoms with Crippen LogP contribution < -0.4 is 11.5 Å². The molecule has 1 aromatic carbocycles. The van der Waals surface area contributed by atoms with Crippen molar-refractivity contribution < 1.29 is 0 Å². The molecule has 0 bridgehead atoms. The molecule has 0 aromatic heterocycles. The molecule has 0 spiro atoms. The molecule has 1 aromatic rings. The quantitative estimate of drug-likeness (QED) is 0.589. The van der Waals surface area contributed by atoms with Crippen molar-refractivity contribution in [3.05, 3.63) is 33.8 Å². The summed E-state index contributed by atoms with van der Waals surface area (Å²) < 4.78 is 0. The van der Waals surface area contributed by atoms with E-state index in [-0.39, 0.29) is 30.8 Å². The van der Waals surface area contributed by atoms with Gasteiger partial charge in [0.15, 0.2) is 5.96 Å². The van der Waals surface area contributed by atoms with E-state index in [0.717, 1.165) is 31.5 Å². The molecule has 1 heterocycles. The van der Waals surface area contributed by atoms with E-state index in [2.05, 4.69) is 9.98 Å². The van der Waals surface area contributed by atoms with Gasteiger partial charge in [-0.05, 0) is 37.0 Å². The van der Waals surface area contributed by atoms with Crippen LogP contribution in [0.4, 0.5) is 0 Å². The van der Waals surface area contributed by atoms with Crippen LogP contribution >= 0.6 is 48.0 Å². The van der Waals surface area contributed by atoms with Gasteiger partial charge >= 0.3 is 0 Å². The zero-order chi connectivity index (χ0) is 15.2. The van der Waals surface area contributed by atoms with E-state index < -0.39 is 0 Å². The van der Waals surface area contributed by atoms with Crippen LogP contribution in [0.25, 0.3) is 0 Å². The Morgan fingerprint density at radius 2 is 1.70 bits per heavy atom. The fraction of sp³-hybridized carbons (Fsp3) is 0.429. The lowest BCUT2D eigenvalue weighted by molar-refractivity contribution is 0.339. The van der Waals surface area contributed by atoms with Gasteiger partial charge in [-0.3, -0.25) is 0 Å². The summed E-state index contributed by atoms with van der Waals surface area (Å²) in [4.78, 5) is 10.4. The zero-order valence-electron chi connectivity index (χ0n) is 12.5. The predicted octanol–water partition coefficient (Wildman–Crippen LogP) is 3.45. The van der Waals surface area contributed by atoms with Gasteiger partial charge in [-0.25, -0.2) is 4.99 Å². The first-order valence-electron chi connectivity index (χ1n) is 6.89. The Morgan fingerprint density at radius 3 is 2.30 bits per heavy atom. The number of aliphatic imine (C=N–C) groups is 2. The maximum atomic E-state index is 5.95. The molecule has 0 atom stereocenters. The highest BCUT2D eigenvalue weighted by molar-refractivity contribution is 6.42. The van der Waals surface area contributed by atoms with Crippen molar-refractivity contribution in [3.63, 3.8) is 0 Å². The van der Waals surface area contributed by atoms with Gasteiger partial charge in [0.25, 0.3) is 0 Å². The number of guanidine groups is 2. The monoisotopic (exact) mass is 399 g/mol.